The van der Waals surface area contributed by atoms with Crippen molar-refractivity contribution in [1.82, 2.24) is 9.59 Å². The van der Waals surface area contributed by atoms with Crippen molar-refractivity contribution >= 4 is 34.9 Å². The number of primary amides is 1. The third-order valence-electron chi connectivity index (χ3n) is 2.12. The lowest BCUT2D eigenvalue weighted by atomic mass is 10.3. The van der Waals surface area contributed by atoms with Gasteiger partial charge in [0, 0.05) is 16.0 Å². The Labute approximate surface area is 113 Å². The summed E-state index contributed by atoms with van der Waals surface area (Å²) in [4.78, 5) is 11.8. The molecule has 2 rings (SSSR count). The van der Waals surface area contributed by atoms with Gasteiger partial charge in [0.25, 0.3) is 0 Å². The lowest BCUT2D eigenvalue weighted by Crippen LogP contribution is -2.13. The summed E-state index contributed by atoms with van der Waals surface area (Å²) in [6.45, 7) is 0.616. The van der Waals surface area contributed by atoms with Crippen molar-refractivity contribution in [2.75, 3.05) is 11.1 Å². The number of amides is 1. The summed E-state index contributed by atoms with van der Waals surface area (Å²) in [6, 6.07) is 7.78. The lowest BCUT2D eigenvalue weighted by Gasteiger charge is -2.09. The van der Waals surface area contributed by atoms with E-state index < -0.39 is 0 Å². The molecule has 0 aliphatic carbocycles. The molecular formula is C11H12N4OS2. The van der Waals surface area contributed by atoms with E-state index in [1.807, 2.05) is 29.6 Å². The molecule has 0 aliphatic rings. The van der Waals surface area contributed by atoms with Gasteiger partial charge in [-0.25, -0.2) is 0 Å². The first-order valence-corrected chi connectivity index (χ1v) is 7.08. The first-order chi connectivity index (χ1) is 8.75. The molecule has 3 N–H and O–H groups in total. The van der Waals surface area contributed by atoms with Crippen LogP contribution in [0.25, 0.3) is 0 Å². The van der Waals surface area contributed by atoms with Gasteiger partial charge < -0.3 is 11.1 Å². The number of aromatic nitrogens is 2. The van der Waals surface area contributed by atoms with Crippen LogP contribution < -0.4 is 11.1 Å². The van der Waals surface area contributed by atoms with E-state index >= 15 is 0 Å². The van der Waals surface area contributed by atoms with Gasteiger partial charge in [-0.15, -0.1) is 16.9 Å². The molecule has 2 aromatic rings. The van der Waals surface area contributed by atoms with Crippen molar-refractivity contribution < 1.29 is 4.79 Å². The molecule has 0 bridgehead atoms. The molecule has 0 saturated carbocycles. The molecule has 0 fully saturated rings. The Balaban J connectivity index is 2.00. The highest BCUT2D eigenvalue weighted by atomic mass is 32.2. The van der Waals surface area contributed by atoms with Crippen molar-refractivity contribution in [1.29, 1.82) is 0 Å². The number of carbonyl (C=O) groups is 1. The second-order valence-corrected chi connectivity index (χ2v) is 5.13. The minimum atomic E-state index is -0.321. The average molecular weight is 280 g/mol. The van der Waals surface area contributed by atoms with Gasteiger partial charge in [0.2, 0.25) is 5.91 Å². The zero-order valence-corrected chi connectivity index (χ0v) is 11.1. The molecule has 18 heavy (non-hydrogen) atoms. The first kappa shape index (κ1) is 12.8. The molecule has 0 atom stereocenters. The molecule has 94 valence electrons. The number of anilines is 1. The third kappa shape index (κ3) is 3.71. The first-order valence-electron chi connectivity index (χ1n) is 5.25. The van der Waals surface area contributed by atoms with E-state index in [9.17, 15) is 4.79 Å². The SMILES string of the molecule is NC(=O)CSc1ccccc1NCc1csnn1. The molecule has 1 amide bonds. The second-order valence-electron chi connectivity index (χ2n) is 3.50. The van der Waals surface area contributed by atoms with E-state index in [1.54, 1.807) is 0 Å². The number of benzene rings is 1. The van der Waals surface area contributed by atoms with Crippen molar-refractivity contribution in [3.05, 3.63) is 35.3 Å². The van der Waals surface area contributed by atoms with Crippen molar-refractivity contribution in [2.24, 2.45) is 5.73 Å². The van der Waals surface area contributed by atoms with Gasteiger partial charge in [-0.1, -0.05) is 16.6 Å². The summed E-state index contributed by atoms with van der Waals surface area (Å²) >= 11 is 2.75. The average Bonchev–Trinajstić information content (AvgIpc) is 2.88. The predicted octanol–water partition coefficient (Wildman–Crippen LogP) is 1.73. The monoisotopic (exact) mass is 280 g/mol. The molecule has 7 heteroatoms. The summed E-state index contributed by atoms with van der Waals surface area (Å²) in [5, 5.41) is 9.13. The number of carbonyl (C=O) groups excluding carboxylic acids is 1. The molecule has 0 aliphatic heterocycles. The fourth-order valence-corrected chi connectivity index (χ4v) is 2.55. The molecule has 0 radical (unpaired) electrons. The van der Waals surface area contributed by atoms with Gasteiger partial charge in [-0.2, -0.15) is 0 Å². The highest BCUT2D eigenvalue weighted by Crippen LogP contribution is 2.26. The molecular weight excluding hydrogens is 268 g/mol. The fraction of sp³-hybridized carbons (Fsp3) is 0.182. The topological polar surface area (TPSA) is 80.9 Å². The highest BCUT2D eigenvalue weighted by molar-refractivity contribution is 8.00. The van der Waals surface area contributed by atoms with Crippen LogP contribution in [0.15, 0.2) is 34.5 Å². The fourth-order valence-electron chi connectivity index (χ4n) is 1.33. The molecule has 0 saturated heterocycles. The van der Waals surface area contributed by atoms with Gasteiger partial charge in [0.1, 0.15) is 0 Å². The number of nitrogens with one attached hydrogen (secondary N) is 1. The Morgan fingerprint density at radius 2 is 2.28 bits per heavy atom. The second kappa shape index (κ2) is 6.36. The van der Waals surface area contributed by atoms with Crippen molar-refractivity contribution in [2.45, 2.75) is 11.4 Å². The van der Waals surface area contributed by atoms with E-state index in [2.05, 4.69) is 14.9 Å². The minimum absolute atomic E-state index is 0.275. The van der Waals surface area contributed by atoms with Crippen LogP contribution >= 0.6 is 23.3 Å². The Morgan fingerprint density at radius 3 is 3.00 bits per heavy atom. The van der Waals surface area contributed by atoms with Gasteiger partial charge in [0.05, 0.1) is 18.0 Å². The normalized spacial score (nSPS) is 10.2. The van der Waals surface area contributed by atoms with Crippen LogP contribution in [0.4, 0.5) is 5.69 Å². The Bertz CT molecular complexity index is 516. The largest absolute Gasteiger partial charge is 0.378 e. The van der Waals surface area contributed by atoms with Crippen molar-refractivity contribution in [3.63, 3.8) is 0 Å². The van der Waals surface area contributed by atoms with Crippen LogP contribution in [0.3, 0.4) is 0 Å². The van der Waals surface area contributed by atoms with E-state index in [0.717, 1.165) is 16.3 Å². The molecule has 1 heterocycles. The van der Waals surface area contributed by atoms with Crippen molar-refractivity contribution in [3.8, 4) is 0 Å². The third-order valence-corrected chi connectivity index (χ3v) is 3.77. The number of rotatable bonds is 6. The number of thioether (sulfide) groups is 1. The smallest absolute Gasteiger partial charge is 0.227 e. The zero-order valence-electron chi connectivity index (χ0n) is 9.50. The Kier molecular flexibility index (Phi) is 4.54. The van der Waals surface area contributed by atoms with Gasteiger partial charge in [-0.3, -0.25) is 4.79 Å². The maximum absolute atomic E-state index is 10.8. The molecule has 5 nitrogen and oxygen atoms in total. The number of nitrogens with two attached hydrogens (primary N) is 1. The van der Waals surface area contributed by atoms with Crippen LogP contribution in [0.1, 0.15) is 5.69 Å². The van der Waals surface area contributed by atoms with Gasteiger partial charge in [-0.05, 0) is 23.7 Å². The number of hydrogen-bond donors (Lipinski definition) is 2. The summed E-state index contributed by atoms with van der Waals surface area (Å²) in [7, 11) is 0. The summed E-state index contributed by atoms with van der Waals surface area (Å²) < 4.78 is 3.80. The maximum atomic E-state index is 10.8. The van der Waals surface area contributed by atoms with Gasteiger partial charge >= 0.3 is 0 Å². The summed E-state index contributed by atoms with van der Waals surface area (Å²) in [5.41, 5.74) is 7.01. The summed E-state index contributed by atoms with van der Waals surface area (Å²) in [5.74, 6) is -0.0461. The van der Waals surface area contributed by atoms with Crippen LogP contribution in [0, 0.1) is 0 Å². The molecule has 1 aromatic heterocycles. The quantitative estimate of drug-likeness (QED) is 0.788. The predicted molar refractivity (Wildman–Crippen MR) is 73.6 cm³/mol. The lowest BCUT2D eigenvalue weighted by molar-refractivity contribution is -0.115. The minimum Gasteiger partial charge on any atom is -0.378 e. The van der Waals surface area contributed by atoms with E-state index in [1.165, 1.54) is 23.3 Å². The van der Waals surface area contributed by atoms with Crippen LogP contribution in [-0.2, 0) is 11.3 Å². The Hall–Kier alpha value is -1.60. The van der Waals surface area contributed by atoms with Gasteiger partial charge in [0.15, 0.2) is 0 Å². The Morgan fingerprint density at radius 1 is 1.44 bits per heavy atom. The highest BCUT2D eigenvalue weighted by Gasteiger charge is 2.04. The zero-order chi connectivity index (χ0) is 12.8. The van der Waals surface area contributed by atoms with Crippen LogP contribution in [0.5, 0.6) is 0 Å². The molecule has 1 aromatic carbocycles. The standard InChI is InChI=1S/C11H12N4OS2/c12-11(16)7-17-10-4-2-1-3-9(10)13-5-8-6-18-15-14-8/h1-4,6,13H,5,7H2,(H2,12,16). The molecule has 0 unspecified atom stereocenters. The van der Waals surface area contributed by atoms with E-state index in [0.29, 0.717) is 6.54 Å². The number of nitrogens with zero attached hydrogens (tertiary/aromatic N) is 2. The number of para-hydroxylation sites is 1. The number of hydrogen-bond acceptors (Lipinski definition) is 6. The summed E-state index contributed by atoms with van der Waals surface area (Å²) in [6.07, 6.45) is 0. The maximum Gasteiger partial charge on any atom is 0.227 e. The van der Waals surface area contributed by atoms with E-state index in [-0.39, 0.29) is 11.7 Å². The van der Waals surface area contributed by atoms with Crippen LogP contribution in [0.2, 0.25) is 0 Å². The molecule has 0 spiro atoms. The van der Waals surface area contributed by atoms with E-state index in [4.69, 9.17) is 5.73 Å². The van der Waals surface area contributed by atoms with Crippen LogP contribution in [-0.4, -0.2) is 21.2 Å².